The van der Waals surface area contributed by atoms with Gasteiger partial charge in [0.05, 0.1) is 15.2 Å². The Balaban J connectivity index is 3.23. The van der Waals surface area contributed by atoms with Gasteiger partial charge in [-0.2, -0.15) is 11.8 Å². The second-order valence-electron chi connectivity index (χ2n) is 4.08. The molecule has 0 aromatic heterocycles. The molecule has 0 fully saturated rings. The Labute approximate surface area is 135 Å². The van der Waals surface area contributed by atoms with E-state index in [-0.39, 0.29) is 21.2 Å². The number of nitrogen functional groups attached to an aromatic ring is 1. The minimum Gasteiger partial charge on any atom is -0.395 e. The third kappa shape index (κ3) is 4.00. The number of rotatable bonds is 6. The topological polar surface area (TPSA) is 72.2 Å². The van der Waals surface area contributed by atoms with Crippen molar-refractivity contribution in [3.63, 3.8) is 0 Å². The summed E-state index contributed by atoms with van der Waals surface area (Å²) >= 11 is 10.3. The number of hydrogen-bond donors (Lipinski definition) is 2. The highest BCUT2D eigenvalue weighted by molar-refractivity contribution is 9.10. The van der Waals surface area contributed by atoms with E-state index in [9.17, 15) is 12.8 Å². The van der Waals surface area contributed by atoms with Crippen LogP contribution in [-0.2, 0) is 10.0 Å². The van der Waals surface area contributed by atoms with Crippen LogP contribution in [0, 0.1) is 5.82 Å². The first kappa shape index (κ1) is 18.0. The summed E-state index contributed by atoms with van der Waals surface area (Å²) in [5.74, 6) is -0.412. The van der Waals surface area contributed by atoms with Crippen LogP contribution in [0.25, 0.3) is 0 Å². The van der Waals surface area contributed by atoms with Crippen molar-refractivity contribution in [1.82, 2.24) is 4.72 Å². The molecule has 0 aliphatic rings. The number of hydrogen-bond acceptors (Lipinski definition) is 4. The maximum Gasteiger partial charge on any atom is 0.243 e. The Bertz CT molecular complexity index is 599. The second kappa shape index (κ2) is 7.31. The highest BCUT2D eigenvalue weighted by Gasteiger charge is 2.26. The molecule has 1 aromatic carbocycles. The average Bonchev–Trinajstić information content (AvgIpc) is 2.39. The first-order valence-electron chi connectivity index (χ1n) is 5.68. The van der Waals surface area contributed by atoms with Crippen LogP contribution in [0.4, 0.5) is 10.1 Å². The molecular formula is C11H15BrClFN2O2S2. The Kier molecular flexibility index (Phi) is 6.59. The van der Waals surface area contributed by atoms with Crippen molar-refractivity contribution in [3.8, 4) is 0 Å². The maximum absolute atomic E-state index is 14.0. The number of halogens is 3. The molecule has 0 heterocycles. The smallest absolute Gasteiger partial charge is 0.243 e. The van der Waals surface area contributed by atoms with Gasteiger partial charge in [-0.15, -0.1) is 0 Å². The normalized spacial score (nSPS) is 13.4. The van der Waals surface area contributed by atoms with Gasteiger partial charge in [0.1, 0.15) is 4.90 Å². The highest BCUT2D eigenvalue weighted by Crippen LogP contribution is 2.34. The van der Waals surface area contributed by atoms with Gasteiger partial charge in [-0.1, -0.05) is 18.5 Å². The lowest BCUT2D eigenvalue weighted by Crippen LogP contribution is -2.36. The third-order valence-corrected chi connectivity index (χ3v) is 6.26. The van der Waals surface area contributed by atoms with E-state index in [1.165, 1.54) is 11.8 Å². The van der Waals surface area contributed by atoms with E-state index in [0.717, 1.165) is 6.07 Å². The fourth-order valence-corrected chi connectivity index (χ4v) is 4.34. The highest BCUT2D eigenvalue weighted by atomic mass is 79.9. The average molecular weight is 406 g/mol. The molecule has 1 atom stereocenters. The van der Waals surface area contributed by atoms with E-state index >= 15 is 0 Å². The van der Waals surface area contributed by atoms with E-state index in [1.54, 1.807) is 0 Å². The van der Waals surface area contributed by atoms with Gasteiger partial charge in [-0.05, 0) is 34.7 Å². The number of benzene rings is 1. The van der Waals surface area contributed by atoms with E-state index in [4.69, 9.17) is 17.3 Å². The van der Waals surface area contributed by atoms with Crippen molar-refractivity contribution in [1.29, 1.82) is 0 Å². The summed E-state index contributed by atoms with van der Waals surface area (Å²) in [5.41, 5.74) is 5.18. The lowest BCUT2D eigenvalue weighted by Gasteiger charge is -2.17. The SMILES string of the molecule is CCC(CSC)NS(=O)(=O)c1cc(Cl)c(Br)c(N)c1F. The number of anilines is 1. The fourth-order valence-electron chi connectivity index (χ4n) is 1.51. The molecule has 0 aliphatic carbocycles. The first-order valence-corrected chi connectivity index (χ1v) is 9.73. The summed E-state index contributed by atoms with van der Waals surface area (Å²) in [4.78, 5) is -0.539. The molecule has 1 rings (SSSR count). The summed E-state index contributed by atoms with van der Waals surface area (Å²) in [5, 5.41) is 0.0437. The first-order chi connectivity index (χ1) is 9.24. The third-order valence-electron chi connectivity index (χ3n) is 2.63. The molecule has 0 radical (unpaired) electrons. The quantitative estimate of drug-likeness (QED) is 0.563. The molecule has 114 valence electrons. The molecule has 20 heavy (non-hydrogen) atoms. The fraction of sp³-hybridized carbons (Fsp3) is 0.455. The molecule has 1 unspecified atom stereocenters. The molecule has 0 amide bonds. The minimum absolute atomic E-state index is 0.0437. The number of nitrogens with two attached hydrogens (primary N) is 1. The van der Waals surface area contributed by atoms with Gasteiger partial charge in [-0.3, -0.25) is 0 Å². The summed E-state index contributed by atoms with van der Waals surface area (Å²) in [7, 11) is -4.01. The number of thioether (sulfide) groups is 1. The summed E-state index contributed by atoms with van der Waals surface area (Å²) in [6, 6.07) is 0.768. The van der Waals surface area contributed by atoms with Crippen molar-refractivity contribution < 1.29 is 12.8 Å². The molecule has 0 spiro atoms. The van der Waals surface area contributed by atoms with Crippen LogP contribution >= 0.6 is 39.3 Å². The van der Waals surface area contributed by atoms with Gasteiger partial charge in [0.25, 0.3) is 0 Å². The van der Waals surface area contributed by atoms with Crippen molar-refractivity contribution >= 4 is 55.0 Å². The van der Waals surface area contributed by atoms with Crippen molar-refractivity contribution in [2.75, 3.05) is 17.7 Å². The largest absolute Gasteiger partial charge is 0.395 e. The predicted molar refractivity (Wildman–Crippen MR) is 86.3 cm³/mol. The van der Waals surface area contributed by atoms with Gasteiger partial charge in [0.15, 0.2) is 5.82 Å². The number of sulfonamides is 1. The zero-order valence-electron chi connectivity index (χ0n) is 10.9. The molecule has 3 N–H and O–H groups in total. The Morgan fingerprint density at radius 3 is 2.70 bits per heavy atom. The van der Waals surface area contributed by atoms with Gasteiger partial charge in [0, 0.05) is 11.8 Å². The molecule has 0 saturated heterocycles. The van der Waals surface area contributed by atoms with Gasteiger partial charge < -0.3 is 5.73 Å². The van der Waals surface area contributed by atoms with Crippen LogP contribution in [-0.4, -0.2) is 26.5 Å². The molecule has 0 bridgehead atoms. The molecule has 0 saturated carbocycles. The zero-order valence-corrected chi connectivity index (χ0v) is 14.9. The standard InChI is InChI=1S/C11H15BrClFN2O2S2/c1-3-6(5-19-2)16-20(17,18)8-4-7(13)9(12)11(15)10(8)14/h4,6,16H,3,5,15H2,1-2H3. The van der Waals surface area contributed by atoms with E-state index in [2.05, 4.69) is 20.7 Å². The Morgan fingerprint density at radius 2 is 2.20 bits per heavy atom. The van der Waals surface area contributed by atoms with Gasteiger partial charge in [-0.25, -0.2) is 17.5 Å². The Hall–Kier alpha value is -0.0200. The van der Waals surface area contributed by atoms with Crippen molar-refractivity contribution in [2.24, 2.45) is 0 Å². The maximum atomic E-state index is 14.0. The molecule has 0 aliphatic heterocycles. The lowest BCUT2D eigenvalue weighted by atomic mass is 10.3. The monoisotopic (exact) mass is 404 g/mol. The van der Waals surface area contributed by atoms with Crippen molar-refractivity contribution in [3.05, 3.63) is 21.4 Å². The molecule has 4 nitrogen and oxygen atoms in total. The summed E-state index contributed by atoms with van der Waals surface area (Å²) in [6.45, 7) is 1.85. The van der Waals surface area contributed by atoms with Crippen LogP contribution in [0.5, 0.6) is 0 Å². The van der Waals surface area contributed by atoms with Crippen LogP contribution in [0.2, 0.25) is 5.02 Å². The summed E-state index contributed by atoms with van der Waals surface area (Å²) in [6.07, 6.45) is 2.47. The van der Waals surface area contributed by atoms with Crippen molar-refractivity contribution in [2.45, 2.75) is 24.3 Å². The van der Waals surface area contributed by atoms with Crippen LogP contribution in [0.3, 0.4) is 0 Å². The van der Waals surface area contributed by atoms with E-state index < -0.39 is 20.7 Å². The molecule has 9 heteroatoms. The lowest BCUT2D eigenvalue weighted by molar-refractivity contribution is 0.542. The van der Waals surface area contributed by atoms with Crippen LogP contribution in [0.1, 0.15) is 13.3 Å². The number of nitrogens with one attached hydrogen (secondary N) is 1. The van der Waals surface area contributed by atoms with E-state index in [0.29, 0.717) is 12.2 Å². The van der Waals surface area contributed by atoms with Gasteiger partial charge >= 0.3 is 0 Å². The molecule has 1 aromatic rings. The Morgan fingerprint density at radius 1 is 1.60 bits per heavy atom. The predicted octanol–water partition coefficient (Wildman–Crippen LogP) is 3.24. The van der Waals surface area contributed by atoms with Gasteiger partial charge in [0.2, 0.25) is 10.0 Å². The minimum atomic E-state index is -4.01. The summed E-state index contributed by atoms with van der Waals surface area (Å²) < 4.78 is 41.1. The van der Waals surface area contributed by atoms with Crippen LogP contribution in [0.15, 0.2) is 15.4 Å². The molecular weight excluding hydrogens is 391 g/mol. The van der Waals surface area contributed by atoms with E-state index in [1.807, 2.05) is 13.2 Å². The zero-order chi connectivity index (χ0) is 15.5. The second-order valence-corrected chi connectivity index (χ2v) is 7.87. The van der Waals surface area contributed by atoms with Crippen LogP contribution < -0.4 is 10.5 Å².